The largest absolute Gasteiger partial charge is 0.439 e. The van der Waals surface area contributed by atoms with Crippen molar-refractivity contribution >= 4 is 17.3 Å². The van der Waals surface area contributed by atoms with Gasteiger partial charge in [0.2, 0.25) is 5.88 Å². The van der Waals surface area contributed by atoms with E-state index < -0.39 is 5.56 Å². The number of pyridine rings is 1. The van der Waals surface area contributed by atoms with Crippen LogP contribution in [0, 0.1) is 5.92 Å². The van der Waals surface area contributed by atoms with Crippen molar-refractivity contribution in [3.05, 3.63) is 69.7 Å². The van der Waals surface area contributed by atoms with Crippen molar-refractivity contribution in [2.24, 2.45) is 5.92 Å². The van der Waals surface area contributed by atoms with Crippen LogP contribution in [0.3, 0.4) is 0 Å². The summed E-state index contributed by atoms with van der Waals surface area (Å²) in [5.41, 5.74) is 2.00. The molecule has 7 nitrogen and oxygen atoms in total. The smallest absolute Gasteiger partial charge is 0.292 e. The summed E-state index contributed by atoms with van der Waals surface area (Å²) in [7, 11) is 0. The number of rotatable bonds is 7. The highest BCUT2D eigenvalue weighted by Gasteiger charge is 2.23. The van der Waals surface area contributed by atoms with Gasteiger partial charge in [-0.25, -0.2) is 4.98 Å². The van der Waals surface area contributed by atoms with Gasteiger partial charge in [-0.05, 0) is 61.3 Å². The topological polar surface area (TPSA) is 78.3 Å². The average Bonchev–Trinajstić information content (AvgIpc) is 3.68. The summed E-state index contributed by atoms with van der Waals surface area (Å²) in [5.74, 6) is 2.29. The van der Waals surface area contributed by atoms with Gasteiger partial charge in [-0.3, -0.25) is 4.79 Å². The number of aromatic nitrogens is 3. The maximum Gasteiger partial charge on any atom is 0.292 e. The van der Waals surface area contributed by atoms with Crippen LogP contribution in [0.25, 0.3) is 5.69 Å². The summed E-state index contributed by atoms with van der Waals surface area (Å²) >= 11 is 6.33. The average molecular weight is 453 g/mol. The molecule has 166 valence electrons. The molecular weight excluding hydrogens is 428 g/mol. The molecule has 1 N–H and O–H groups in total. The van der Waals surface area contributed by atoms with Crippen LogP contribution < -0.4 is 15.6 Å². The maximum atomic E-state index is 12.8. The van der Waals surface area contributed by atoms with Crippen LogP contribution in [-0.4, -0.2) is 34.5 Å². The fraction of sp³-hybridized carbons (Fsp3) is 0.375. The van der Waals surface area contributed by atoms with E-state index in [9.17, 15) is 4.79 Å². The number of ether oxygens (including phenoxy) is 2. The van der Waals surface area contributed by atoms with Crippen LogP contribution in [-0.2, 0) is 4.74 Å². The highest BCUT2D eigenvalue weighted by Crippen LogP contribution is 2.40. The summed E-state index contributed by atoms with van der Waals surface area (Å²) in [6.45, 7) is 2.24. The lowest BCUT2D eigenvalue weighted by Gasteiger charge is -2.22. The van der Waals surface area contributed by atoms with Crippen LogP contribution >= 0.6 is 11.6 Å². The van der Waals surface area contributed by atoms with Crippen molar-refractivity contribution in [1.82, 2.24) is 14.8 Å². The molecule has 8 heteroatoms. The molecule has 32 heavy (non-hydrogen) atoms. The highest BCUT2D eigenvalue weighted by atomic mass is 35.5. The Labute approximate surface area is 191 Å². The number of halogens is 1. The standard InChI is InChI=1S/C24H25ClN4O3/c25-23-21(26-12-16-2-1-11-31-15-16)14-28-29(24(23)30)19-7-10-22(27-13-19)32-20-8-5-18(6-9-20)17-3-4-17/h5-10,13-14,16-17,26H,1-4,11-12,15H2. The van der Waals surface area contributed by atoms with Gasteiger partial charge in [-0.2, -0.15) is 9.78 Å². The minimum Gasteiger partial charge on any atom is -0.439 e. The van der Waals surface area contributed by atoms with Crippen molar-refractivity contribution < 1.29 is 9.47 Å². The van der Waals surface area contributed by atoms with Gasteiger partial charge in [0.1, 0.15) is 10.8 Å². The lowest BCUT2D eigenvalue weighted by Crippen LogP contribution is -2.26. The fourth-order valence-electron chi connectivity index (χ4n) is 3.87. The zero-order valence-corrected chi connectivity index (χ0v) is 18.4. The third-order valence-corrected chi connectivity index (χ3v) is 6.24. The molecule has 1 saturated heterocycles. The van der Waals surface area contributed by atoms with Crippen LogP contribution in [0.5, 0.6) is 11.6 Å². The number of nitrogens with one attached hydrogen (secondary N) is 1. The van der Waals surface area contributed by atoms with Crippen LogP contribution in [0.2, 0.25) is 5.02 Å². The van der Waals surface area contributed by atoms with E-state index in [4.69, 9.17) is 21.1 Å². The van der Waals surface area contributed by atoms with Crippen molar-refractivity contribution in [3.8, 4) is 17.3 Å². The van der Waals surface area contributed by atoms with Crippen molar-refractivity contribution in [3.63, 3.8) is 0 Å². The van der Waals surface area contributed by atoms with Gasteiger partial charge < -0.3 is 14.8 Å². The molecule has 3 heterocycles. The van der Waals surface area contributed by atoms with Crippen LogP contribution in [0.15, 0.2) is 53.6 Å². The maximum absolute atomic E-state index is 12.8. The zero-order chi connectivity index (χ0) is 21.9. The Kier molecular flexibility index (Phi) is 6.10. The van der Waals surface area contributed by atoms with E-state index in [1.165, 1.54) is 23.1 Å². The summed E-state index contributed by atoms with van der Waals surface area (Å²) in [6.07, 6.45) is 7.81. The molecule has 0 bridgehead atoms. The summed E-state index contributed by atoms with van der Waals surface area (Å²) < 4.78 is 12.6. The van der Waals surface area contributed by atoms with Gasteiger partial charge in [0.15, 0.2) is 0 Å². The van der Waals surface area contributed by atoms with Gasteiger partial charge in [-0.15, -0.1) is 0 Å². The quantitative estimate of drug-likeness (QED) is 0.555. The van der Waals surface area contributed by atoms with Gasteiger partial charge in [-0.1, -0.05) is 23.7 Å². The number of anilines is 1. The van der Waals surface area contributed by atoms with E-state index in [1.807, 2.05) is 12.1 Å². The number of hydrogen-bond donors (Lipinski definition) is 1. The molecule has 1 aromatic carbocycles. The normalized spacial score (nSPS) is 18.3. The Morgan fingerprint density at radius 2 is 1.97 bits per heavy atom. The summed E-state index contributed by atoms with van der Waals surface area (Å²) in [6, 6.07) is 11.6. The van der Waals surface area contributed by atoms with Gasteiger partial charge >= 0.3 is 0 Å². The molecule has 1 unspecified atom stereocenters. The molecule has 3 aromatic rings. The summed E-state index contributed by atoms with van der Waals surface area (Å²) in [4.78, 5) is 17.1. The summed E-state index contributed by atoms with van der Waals surface area (Å²) in [5, 5.41) is 7.60. The molecule has 0 amide bonds. The Morgan fingerprint density at radius 1 is 1.12 bits per heavy atom. The molecule has 0 spiro atoms. The first-order valence-corrected chi connectivity index (χ1v) is 11.4. The number of benzene rings is 1. The van der Waals surface area contributed by atoms with Crippen molar-refractivity contribution in [2.75, 3.05) is 25.1 Å². The lowest BCUT2D eigenvalue weighted by molar-refractivity contribution is 0.0595. The first kappa shape index (κ1) is 21.0. The molecule has 2 aliphatic rings. The van der Waals surface area contributed by atoms with Gasteiger partial charge in [0, 0.05) is 19.2 Å². The van der Waals surface area contributed by atoms with Crippen molar-refractivity contribution in [1.29, 1.82) is 0 Å². The Balaban J connectivity index is 1.25. The first-order chi connectivity index (χ1) is 15.7. The predicted molar refractivity (Wildman–Crippen MR) is 123 cm³/mol. The monoisotopic (exact) mass is 452 g/mol. The van der Waals surface area contributed by atoms with Gasteiger partial charge in [0.05, 0.1) is 30.4 Å². The minimum absolute atomic E-state index is 0.104. The molecule has 1 aliphatic heterocycles. The van der Waals surface area contributed by atoms with E-state index in [0.29, 0.717) is 35.6 Å². The SMILES string of the molecule is O=c1c(Cl)c(NCC2CCCOC2)cnn1-c1ccc(Oc2ccc(C3CC3)cc2)nc1. The molecule has 1 aliphatic carbocycles. The number of hydrogen-bond acceptors (Lipinski definition) is 6. The second kappa shape index (κ2) is 9.30. The second-order valence-electron chi connectivity index (χ2n) is 8.35. The third kappa shape index (κ3) is 4.79. The molecule has 5 rings (SSSR count). The van der Waals surface area contributed by atoms with E-state index in [-0.39, 0.29) is 5.02 Å². The second-order valence-corrected chi connectivity index (χ2v) is 8.73. The molecular formula is C24H25ClN4O3. The molecule has 0 radical (unpaired) electrons. The Bertz CT molecular complexity index is 1120. The minimum atomic E-state index is -0.400. The first-order valence-electron chi connectivity index (χ1n) is 11.0. The van der Waals surface area contributed by atoms with E-state index >= 15 is 0 Å². The van der Waals surface area contributed by atoms with E-state index in [1.54, 1.807) is 24.5 Å². The molecule has 2 aromatic heterocycles. The fourth-order valence-corrected chi connectivity index (χ4v) is 4.06. The molecule has 1 atom stereocenters. The molecule has 2 fully saturated rings. The molecule has 1 saturated carbocycles. The van der Waals surface area contributed by atoms with Crippen LogP contribution in [0.4, 0.5) is 5.69 Å². The zero-order valence-electron chi connectivity index (χ0n) is 17.7. The van der Waals surface area contributed by atoms with Gasteiger partial charge in [0.25, 0.3) is 5.56 Å². The van der Waals surface area contributed by atoms with E-state index in [2.05, 4.69) is 27.5 Å². The number of nitrogens with zero attached hydrogens (tertiary/aromatic N) is 3. The van der Waals surface area contributed by atoms with Crippen LogP contribution in [0.1, 0.15) is 37.2 Å². The Hall–Kier alpha value is -2.90. The highest BCUT2D eigenvalue weighted by molar-refractivity contribution is 6.32. The van der Waals surface area contributed by atoms with E-state index in [0.717, 1.165) is 31.8 Å². The predicted octanol–water partition coefficient (Wildman–Crippen LogP) is 4.79. The lowest BCUT2D eigenvalue weighted by atomic mass is 10.0. The third-order valence-electron chi connectivity index (χ3n) is 5.87. The van der Waals surface area contributed by atoms with Crippen molar-refractivity contribution in [2.45, 2.75) is 31.6 Å². The Morgan fingerprint density at radius 3 is 2.66 bits per heavy atom.